The van der Waals surface area contributed by atoms with Gasteiger partial charge < -0.3 is 19.9 Å². The predicted molar refractivity (Wildman–Crippen MR) is 102 cm³/mol. The van der Waals surface area contributed by atoms with E-state index in [1.165, 1.54) is 18.4 Å². The van der Waals surface area contributed by atoms with E-state index < -0.39 is 5.97 Å². The summed E-state index contributed by atoms with van der Waals surface area (Å²) >= 11 is 6.10. The fourth-order valence-corrected chi connectivity index (χ4v) is 3.99. The first-order valence-electron chi connectivity index (χ1n) is 9.07. The van der Waals surface area contributed by atoms with Crippen LogP contribution in [0.1, 0.15) is 43.1 Å². The van der Waals surface area contributed by atoms with E-state index >= 15 is 0 Å². The van der Waals surface area contributed by atoms with Gasteiger partial charge in [-0.2, -0.15) is 0 Å². The van der Waals surface area contributed by atoms with Gasteiger partial charge in [-0.1, -0.05) is 18.5 Å². The number of ether oxygens (including phenoxy) is 1. The standard InChI is InChI=1S/C19H24ClN3O3/c1-3-13-6-4-5-9-23(13)11-16(24)22-17-14-10-12(20)7-8-15(14)21-18(17)19(25)26-2/h7-8,10,13,21H,3-6,9,11H2,1-2H3,(H,22,24)/p+1/t13-/m0/s1. The third-order valence-corrected chi connectivity index (χ3v) is 5.41. The number of hydrogen-bond donors (Lipinski definition) is 3. The molecule has 7 heteroatoms. The van der Waals surface area contributed by atoms with Crippen LogP contribution in [0.5, 0.6) is 0 Å². The maximum absolute atomic E-state index is 12.7. The number of fused-ring (bicyclic) bond motifs is 1. The van der Waals surface area contributed by atoms with Gasteiger partial charge in [0.25, 0.3) is 5.91 Å². The number of anilines is 1. The lowest BCUT2D eigenvalue weighted by atomic mass is 10.00. The number of quaternary nitrogens is 1. The van der Waals surface area contributed by atoms with Crippen LogP contribution in [0.25, 0.3) is 10.9 Å². The van der Waals surface area contributed by atoms with E-state index in [1.807, 2.05) is 0 Å². The molecular weight excluding hydrogens is 354 g/mol. The van der Waals surface area contributed by atoms with Crippen molar-refractivity contribution in [2.75, 3.05) is 25.5 Å². The Morgan fingerprint density at radius 2 is 2.19 bits per heavy atom. The van der Waals surface area contributed by atoms with Gasteiger partial charge in [0.15, 0.2) is 6.54 Å². The number of H-pyrrole nitrogens is 1. The van der Waals surface area contributed by atoms with E-state index in [4.69, 9.17) is 16.3 Å². The summed E-state index contributed by atoms with van der Waals surface area (Å²) in [4.78, 5) is 29.1. The number of aromatic amines is 1. The highest BCUT2D eigenvalue weighted by Crippen LogP contribution is 2.30. The van der Waals surface area contributed by atoms with E-state index in [2.05, 4.69) is 17.2 Å². The van der Waals surface area contributed by atoms with Gasteiger partial charge in [-0.25, -0.2) is 4.79 Å². The van der Waals surface area contributed by atoms with Crippen molar-refractivity contribution in [1.29, 1.82) is 0 Å². The maximum atomic E-state index is 12.7. The van der Waals surface area contributed by atoms with Crippen LogP contribution in [0.2, 0.25) is 5.02 Å². The Bertz CT molecular complexity index is 818. The molecule has 3 N–H and O–H groups in total. The molecule has 2 aromatic rings. The quantitative estimate of drug-likeness (QED) is 0.699. The SMILES string of the molecule is CC[C@H]1CCCC[NH+]1CC(=O)Nc1c(C(=O)OC)[nH]c2ccc(Cl)cc12. The molecule has 1 aliphatic heterocycles. The molecule has 0 spiro atoms. The number of piperidine rings is 1. The Balaban J connectivity index is 1.85. The fraction of sp³-hybridized carbons (Fsp3) is 0.474. The second-order valence-electron chi connectivity index (χ2n) is 6.79. The molecular formula is C19H25ClN3O3+. The molecule has 0 radical (unpaired) electrons. The third-order valence-electron chi connectivity index (χ3n) is 5.17. The van der Waals surface area contributed by atoms with Gasteiger partial charge in [-0.3, -0.25) is 4.79 Å². The largest absolute Gasteiger partial charge is 0.464 e. The Kier molecular flexibility index (Phi) is 5.84. The van der Waals surface area contributed by atoms with Crippen LogP contribution in [0.3, 0.4) is 0 Å². The van der Waals surface area contributed by atoms with Crippen LogP contribution in [-0.4, -0.2) is 43.1 Å². The lowest BCUT2D eigenvalue weighted by Crippen LogP contribution is -3.17. The molecule has 1 aromatic carbocycles. The van der Waals surface area contributed by atoms with Crippen molar-refractivity contribution >= 4 is 40.1 Å². The molecule has 1 fully saturated rings. The van der Waals surface area contributed by atoms with Gasteiger partial charge in [0, 0.05) is 15.9 Å². The molecule has 140 valence electrons. The van der Waals surface area contributed by atoms with Gasteiger partial charge >= 0.3 is 5.97 Å². The molecule has 1 amide bonds. The van der Waals surface area contributed by atoms with Crippen LogP contribution in [0, 0.1) is 0 Å². The van der Waals surface area contributed by atoms with Gasteiger partial charge in [0.1, 0.15) is 5.69 Å². The summed E-state index contributed by atoms with van der Waals surface area (Å²) in [7, 11) is 1.32. The van der Waals surface area contributed by atoms with Crippen molar-refractivity contribution < 1.29 is 19.2 Å². The van der Waals surface area contributed by atoms with Crippen LogP contribution >= 0.6 is 11.6 Å². The number of rotatable bonds is 5. The summed E-state index contributed by atoms with van der Waals surface area (Å²) in [6.07, 6.45) is 4.61. The minimum atomic E-state index is -0.524. The normalized spacial score (nSPS) is 20.1. The fourth-order valence-electron chi connectivity index (χ4n) is 3.82. The smallest absolute Gasteiger partial charge is 0.356 e. The lowest BCUT2D eigenvalue weighted by Gasteiger charge is -2.31. The van der Waals surface area contributed by atoms with Gasteiger partial charge in [0.05, 0.1) is 25.4 Å². The number of likely N-dealkylation sites (tertiary alicyclic amines) is 1. The number of halogens is 1. The summed E-state index contributed by atoms with van der Waals surface area (Å²) in [5.41, 5.74) is 1.39. The van der Waals surface area contributed by atoms with E-state index in [-0.39, 0.29) is 11.6 Å². The number of amides is 1. The average molecular weight is 379 g/mol. The monoisotopic (exact) mass is 378 g/mol. The summed E-state index contributed by atoms with van der Waals surface area (Å²) in [6, 6.07) is 5.77. The zero-order chi connectivity index (χ0) is 18.7. The number of aromatic nitrogens is 1. The molecule has 2 heterocycles. The molecule has 2 atom stereocenters. The van der Waals surface area contributed by atoms with Crippen molar-refractivity contribution in [2.24, 2.45) is 0 Å². The predicted octanol–water partition coefficient (Wildman–Crippen LogP) is 2.39. The average Bonchev–Trinajstić information content (AvgIpc) is 2.99. The van der Waals surface area contributed by atoms with Crippen molar-refractivity contribution in [1.82, 2.24) is 4.98 Å². The van der Waals surface area contributed by atoms with E-state index in [1.54, 1.807) is 18.2 Å². The molecule has 1 saturated heterocycles. The van der Waals surface area contributed by atoms with Gasteiger partial charge in [0.2, 0.25) is 0 Å². The highest BCUT2D eigenvalue weighted by atomic mass is 35.5. The Morgan fingerprint density at radius 3 is 2.92 bits per heavy atom. The first kappa shape index (κ1) is 18.7. The van der Waals surface area contributed by atoms with Gasteiger partial charge in [-0.05, 0) is 43.9 Å². The van der Waals surface area contributed by atoms with Crippen molar-refractivity contribution in [3.8, 4) is 0 Å². The molecule has 0 saturated carbocycles. The molecule has 1 unspecified atom stereocenters. The van der Waals surface area contributed by atoms with E-state index in [0.717, 1.165) is 31.3 Å². The number of hydrogen-bond acceptors (Lipinski definition) is 3. The summed E-state index contributed by atoms with van der Waals surface area (Å²) in [5.74, 6) is -0.629. The van der Waals surface area contributed by atoms with Crippen LogP contribution < -0.4 is 10.2 Å². The van der Waals surface area contributed by atoms with Crippen molar-refractivity contribution in [2.45, 2.75) is 38.6 Å². The first-order chi connectivity index (χ1) is 12.5. The maximum Gasteiger partial charge on any atom is 0.356 e. The first-order valence-corrected chi connectivity index (χ1v) is 9.45. The molecule has 3 rings (SSSR count). The molecule has 1 aliphatic rings. The highest BCUT2D eigenvalue weighted by Gasteiger charge is 2.28. The lowest BCUT2D eigenvalue weighted by molar-refractivity contribution is -0.923. The number of nitrogens with one attached hydrogen (secondary N) is 3. The molecule has 26 heavy (non-hydrogen) atoms. The third kappa shape index (κ3) is 3.86. The van der Waals surface area contributed by atoms with Crippen LogP contribution in [-0.2, 0) is 9.53 Å². The molecule has 0 aliphatic carbocycles. The number of esters is 1. The van der Waals surface area contributed by atoms with Crippen LogP contribution in [0.15, 0.2) is 18.2 Å². The Hall–Kier alpha value is -2.05. The van der Waals surface area contributed by atoms with E-state index in [0.29, 0.717) is 28.7 Å². The number of carbonyl (C=O) groups excluding carboxylic acids is 2. The van der Waals surface area contributed by atoms with E-state index in [9.17, 15) is 9.59 Å². The number of methoxy groups -OCH3 is 1. The van der Waals surface area contributed by atoms with Crippen molar-refractivity contribution in [3.63, 3.8) is 0 Å². The summed E-state index contributed by atoms with van der Waals surface area (Å²) in [6.45, 7) is 3.58. The van der Waals surface area contributed by atoms with Crippen molar-refractivity contribution in [3.05, 3.63) is 28.9 Å². The second-order valence-corrected chi connectivity index (χ2v) is 7.23. The molecule has 6 nitrogen and oxygen atoms in total. The minimum absolute atomic E-state index is 0.105. The Labute approximate surface area is 157 Å². The van der Waals surface area contributed by atoms with Gasteiger partial charge in [-0.15, -0.1) is 0 Å². The van der Waals surface area contributed by atoms with Crippen LogP contribution in [0.4, 0.5) is 5.69 Å². The zero-order valence-electron chi connectivity index (χ0n) is 15.2. The topological polar surface area (TPSA) is 75.6 Å². The molecule has 0 bridgehead atoms. The molecule has 1 aromatic heterocycles. The summed E-state index contributed by atoms with van der Waals surface area (Å²) in [5, 5.41) is 4.16. The highest BCUT2D eigenvalue weighted by molar-refractivity contribution is 6.31. The summed E-state index contributed by atoms with van der Waals surface area (Å²) < 4.78 is 4.84. The zero-order valence-corrected chi connectivity index (χ0v) is 15.9. The number of carbonyl (C=O) groups is 2. The number of benzene rings is 1. The second kappa shape index (κ2) is 8.10. The minimum Gasteiger partial charge on any atom is -0.464 e. The Morgan fingerprint density at radius 1 is 1.38 bits per heavy atom.